The lowest BCUT2D eigenvalue weighted by atomic mass is 9.93. The van der Waals surface area contributed by atoms with Gasteiger partial charge in [0.1, 0.15) is 6.26 Å². The van der Waals surface area contributed by atoms with Crippen molar-refractivity contribution in [1.29, 1.82) is 0 Å². The maximum Gasteiger partial charge on any atom is 0.256 e. The number of nitrogens with zero attached hydrogens (tertiary/aromatic N) is 1. The van der Waals surface area contributed by atoms with Gasteiger partial charge in [0.2, 0.25) is 10.0 Å². The number of hydrogen-bond acceptors (Lipinski definition) is 6. The van der Waals surface area contributed by atoms with Gasteiger partial charge in [-0.05, 0) is 31.2 Å². The Morgan fingerprint density at radius 1 is 1.24 bits per heavy atom. The van der Waals surface area contributed by atoms with E-state index >= 15 is 0 Å². The summed E-state index contributed by atoms with van der Waals surface area (Å²) >= 11 is 1.26. The molecule has 0 radical (unpaired) electrons. The SMILES string of the molecule is CC(Sc1nc(C(C)(C)C)co1)C(=O)c1ccc(NS(C)(=O)=O)cc1. The van der Waals surface area contributed by atoms with E-state index in [2.05, 4.69) is 9.71 Å². The van der Waals surface area contributed by atoms with Gasteiger partial charge in [0.15, 0.2) is 5.78 Å². The number of Topliss-reactive ketones (excluding diaryl/α,β-unsaturated/α-hetero) is 1. The summed E-state index contributed by atoms with van der Waals surface area (Å²) < 4.78 is 30.2. The summed E-state index contributed by atoms with van der Waals surface area (Å²) in [5, 5.41) is 0.0846. The highest BCUT2D eigenvalue weighted by Gasteiger charge is 2.22. The number of carbonyl (C=O) groups is 1. The van der Waals surface area contributed by atoms with Gasteiger partial charge in [0.25, 0.3) is 5.22 Å². The Kier molecular flexibility index (Phi) is 5.63. The Bertz CT molecular complexity index is 850. The van der Waals surface area contributed by atoms with Crippen LogP contribution in [0, 0.1) is 0 Å². The zero-order valence-electron chi connectivity index (χ0n) is 14.9. The number of oxazole rings is 1. The number of nitrogens with one attached hydrogen (secondary N) is 1. The molecule has 0 aliphatic heterocycles. The fourth-order valence-electron chi connectivity index (χ4n) is 2.01. The Morgan fingerprint density at radius 2 is 1.84 bits per heavy atom. The lowest BCUT2D eigenvalue weighted by molar-refractivity contribution is 0.0993. The molecular weight excluding hydrogens is 360 g/mol. The van der Waals surface area contributed by atoms with Crippen LogP contribution in [0.25, 0.3) is 0 Å². The molecular formula is C17H22N2O4S2. The molecule has 136 valence electrons. The highest BCUT2D eigenvalue weighted by Crippen LogP contribution is 2.29. The van der Waals surface area contributed by atoms with Crippen molar-refractivity contribution in [3.8, 4) is 0 Å². The van der Waals surface area contributed by atoms with E-state index in [4.69, 9.17) is 4.42 Å². The Balaban J connectivity index is 2.05. The summed E-state index contributed by atoms with van der Waals surface area (Å²) in [5.41, 5.74) is 1.65. The van der Waals surface area contributed by atoms with Gasteiger partial charge >= 0.3 is 0 Å². The Morgan fingerprint density at radius 3 is 2.32 bits per heavy atom. The monoisotopic (exact) mass is 382 g/mol. The largest absolute Gasteiger partial charge is 0.440 e. The van der Waals surface area contributed by atoms with Crippen molar-refractivity contribution in [2.75, 3.05) is 11.0 Å². The van der Waals surface area contributed by atoms with Crippen LogP contribution in [0.1, 0.15) is 43.7 Å². The number of rotatable bonds is 6. The quantitative estimate of drug-likeness (QED) is 0.605. The van der Waals surface area contributed by atoms with Crippen LogP contribution in [0.4, 0.5) is 5.69 Å². The van der Waals surface area contributed by atoms with E-state index in [1.807, 2.05) is 20.8 Å². The molecule has 1 atom stereocenters. The fourth-order valence-corrected chi connectivity index (χ4v) is 3.38. The number of hydrogen-bond donors (Lipinski definition) is 1. The standard InChI is InChI=1S/C17H22N2O4S2/c1-11(24-16-18-14(10-23-16)17(2,3)4)15(20)12-6-8-13(9-7-12)19-25(5,21)22/h6-11,19H,1-5H3. The molecule has 25 heavy (non-hydrogen) atoms. The second kappa shape index (κ2) is 7.21. The molecule has 8 heteroatoms. The Labute approximate surface area is 152 Å². The zero-order chi connectivity index (χ0) is 18.8. The number of carbonyl (C=O) groups excluding carboxylic acids is 1. The number of anilines is 1. The molecule has 0 aliphatic rings. The maximum atomic E-state index is 12.5. The van der Waals surface area contributed by atoms with Crippen molar-refractivity contribution in [2.24, 2.45) is 0 Å². The maximum absolute atomic E-state index is 12.5. The topological polar surface area (TPSA) is 89.3 Å². The van der Waals surface area contributed by atoms with Crippen LogP contribution in [0.2, 0.25) is 0 Å². The molecule has 2 aromatic rings. The van der Waals surface area contributed by atoms with E-state index < -0.39 is 10.0 Å². The summed E-state index contributed by atoms with van der Waals surface area (Å²) in [6, 6.07) is 6.33. The third kappa shape index (κ3) is 5.61. The molecule has 1 heterocycles. The van der Waals surface area contributed by atoms with Crippen LogP contribution in [-0.2, 0) is 15.4 Å². The zero-order valence-corrected chi connectivity index (χ0v) is 16.5. The summed E-state index contributed by atoms with van der Waals surface area (Å²) in [4.78, 5) is 16.9. The van der Waals surface area contributed by atoms with Crippen molar-refractivity contribution in [2.45, 2.75) is 43.6 Å². The molecule has 0 saturated heterocycles. The van der Waals surface area contributed by atoms with Crippen molar-refractivity contribution in [1.82, 2.24) is 4.98 Å². The van der Waals surface area contributed by atoms with E-state index in [1.165, 1.54) is 11.8 Å². The average Bonchev–Trinajstić information content (AvgIpc) is 2.94. The van der Waals surface area contributed by atoms with Gasteiger partial charge < -0.3 is 4.42 Å². The number of aromatic nitrogens is 1. The molecule has 0 bridgehead atoms. The van der Waals surface area contributed by atoms with E-state index in [1.54, 1.807) is 37.5 Å². The smallest absolute Gasteiger partial charge is 0.256 e. The van der Waals surface area contributed by atoms with Crippen LogP contribution in [0.3, 0.4) is 0 Å². The van der Waals surface area contributed by atoms with Crippen LogP contribution in [0.5, 0.6) is 0 Å². The lowest BCUT2D eigenvalue weighted by Crippen LogP contribution is -2.14. The average molecular weight is 383 g/mol. The van der Waals surface area contributed by atoms with Gasteiger partial charge in [-0.3, -0.25) is 9.52 Å². The summed E-state index contributed by atoms with van der Waals surface area (Å²) in [6.45, 7) is 7.91. The molecule has 1 N–H and O–H groups in total. The first-order valence-corrected chi connectivity index (χ1v) is 10.5. The predicted molar refractivity (Wildman–Crippen MR) is 99.8 cm³/mol. The van der Waals surface area contributed by atoms with Crippen LogP contribution >= 0.6 is 11.8 Å². The fraction of sp³-hybridized carbons (Fsp3) is 0.412. The predicted octanol–water partition coefficient (Wildman–Crippen LogP) is 3.71. The third-order valence-corrected chi connectivity index (χ3v) is 4.93. The minimum Gasteiger partial charge on any atom is -0.440 e. The second-order valence-electron chi connectivity index (χ2n) is 6.82. The molecule has 6 nitrogen and oxygen atoms in total. The van der Waals surface area contributed by atoms with Crippen molar-refractivity contribution >= 4 is 33.3 Å². The van der Waals surface area contributed by atoms with Gasteiger partial charge in [-0.2, -0.15) is 0 Å². The highest BCUT2D eigenvalue weighted by atomic mass is 32.2. The first-order chi connectivity index (χ1) is 11.5. The van der Waals surface area contributed by atoms with Gasteiger partial charge in [0, 0.05) is 16.7 Å². The molecule has 0 fully saturated rings. The molecule has 0 aliphatic carbocycles. The van der Waals surface area contributed by atoms with E-state index in [0.717, 1.165) is 11.9 Å². The number of ketones is 1. The van der Waals surface area contributed by atoms with E-state index in [9.17, 15) is 13.2 Å². The van der Waals surface area contributed by atoms with Gasteiger partial charge in [-0.25, -0.2) is 13.4 Å². The molecule has 1 unspecified atom stereocenters. The molecule has 0 spiro atoms. The normalized spacial score (nSPS) is 13.5. The first-order valence-electron chi connectivity index (χ1n) is 7.70. The second-order valence-corrected chi connectivity index (χ2v) is 9.87. The minimum absolute atomic E-state index is 0.0774. The molecule has 0 saturated carbocycles. The van der Waals surface area contributed by atoms with E-state index in [0.29, 0.717) is 16.5 Å². The summed E-state index contributed by atoms with van der Waals surface area (Å²) in [5.74, 6) is -0.0774. The highest BCUT2D eigenvalue weighted by molar-refractivity contribution is 8.00. The number of sulfonamides is 1. The summed E-state index contributed by atoms with van der Waals surface area (Å²) in [7, 11) is -3.34. The molecule has 0 amide bonds. The van der Waals surface area contributed by atoms with Crippen LogP contribution in [0.15, 0.2) is 40.2 Å². The van der Waals surface area contributed by atoms with E-state index in [-0.39, 0.29) is 16.4 Å². The lowest BCUT2D eigenvalue weighted by Gasteiger charge is -2.13. The summed E-state index contributed by atoms with van der Waals surface area (Å²) in [6.07, 6.45) is 2.69. The van der Waals surface area contributed by atoms with Gasteiger partial charge in [0.05, 0.1) is 17.2 Å². The molecule has 2 rings (SSSR count). The van der Waals surface area contributed by atoms with Crippen LogP contribution in [-0.4, -0.2) is 30.7 Å². The first kappa shape index (κ1) is 19.5. The number of benzene rings is 1. The van der Waals surface area contributed by atoms with Gasteiger partial charge in [-0.1, -0.05) is 32.5 Å². The Hall–Kier alpha value is -1.80. The molecule has 1 aromatic heterocycles. The van der Waals surface area contributed by atoms with Crippen molar-refractivity contribution < 1.29 is 17.6 Å². The number of thioether (sulfide) groups is 1. The molecule has 1 aromatic carbocycles. The van der Waals surface area contributed by atoms with Crippen LogP contribution < -0.4 is 4.72 Å². The minimum atomic E-state index is -3.34. The van der Waals surface area contributed by atoms with Gasteiger partial charge in [-0.15, -0.1) is 0 Å². The van der Waals surface area contributed by atoms with Crippen molar-refractivity contribution in [3.05, 3.63) is 41.8 Å². The third-order valence-electron chi connectivity index (χ3n) is 3.37. The van der Waals surface area contributed by atoms with Crippen molar-refractivity contribution in [3.63, 3.8) is 0 Å².